The summed E-state index contributed by atoms with van der Waals surface area (Å²) in [6.07, 6.45) is 0.637. The molecule has 0 bridgehead atoms. The number of halogens is 1. The molecule has 2 rings (SSSR count). The summed E-state index contributed by atoms with van der Waals surface area (Å²) in [6, 6.07) is 5.37. The lowest BCUT2D eigenvalue weighted by molar-refractivity contribution is 0.318. The summed E-state index contributed by atoms with van der Waals surface area (Å²) < 4.78 is 23.8. The van der Waals surface area contributed by atoms with E-state index in [9.17, 15) is 8.42 Å². The monoisotopic (exact) mass is 361 g/mol. The van der Waals surface area contributed by atoms with Gasteiger partial charge in [-0.3, -0.25) is 0 Å². The molecule has 0 spiro atoms. The molecule has 6 nitrogen and oxygen atoms in total. The predicted molar refractivity (Wildman–Crippen MR) is 82.1 cm³/mol. The van der Waals surface area contributed by atoms with Crippen LogP contribution in [0.3, 0.4) is 0 Å². The van der Waals surface area contributed by atoms with Gasteiger partial charge in [-0.1, -0.05) is 5.16 Å². The molecular weight excluding hydrogens is 346 g/mol. The van der Waals surface area contributed by atoms with Crippen LogP contribution in [0.5, 0.6) is 0 Å². The molecule has 1 aliphatic rings. The third-order valence-corrected chi connectivity index (χ3v) is 5.91. The summed E-state index contributed by atoms with van der Waals surface area (Å²) in [5.74, 6) is 0.448. The van der Waals surface area contributed by atoms with Crippen LogP contribution in [0.2, 0.25) is 0 Å². The average molecular weight is 362 g/mol. The van der Waals surface area contributed by atoms with Gasteiger partial charge in [-0.25, -0.2) is 8.42 Å². The number of hydrogen-bond donors (Lipinski definition) is 2. The molecule has 0 aromatic heterocycles. The fraction of sp³-hybridized carbons (Fsp3) is 0.417. The fourth-order valence-corrected chi connectivity index (χ4v) is 4.62. The molecule has 0 amide bonds. The van der Waals surface area contributed by atoms with Crippen LogP contribution in [0.4, 0.5) is 5.69 Å². The quantitative estimate of drug-likeness (QED) is 0.364. The predicted octanol–water partition coefficient (Wildman–Crippen LogP) is 1.17. The Balaban J connectivity index is 2.24. The van der Waals surface area contributed by atoms with Gasteiger partial charge in [0, 0.05) is 28.8 Å². The lowest BCUT2D eigenvalue weighted by Gasteiger charge is -2.26. The Bertz CT molecular complexity index is 645. The van der Waals surface area contributed by atoms with Crippen molar-refractivity contribution in [3.8, 4) is 0 Å². The van der Waals surface area contributed by atoms with E-state index in [1.54, 1.807) is 6.07 Å². The average Bonchev–Trinajstić information content (AvgIpc) is 2.77. The van der Waals surface area contributed by atoms with Gasteiger partial charge in [-0.15, -0.1) is 0 Å². The molecule has 0 radical (unpaired) electrons. The summed E-state index contributed by atoms with van der Waals surface area (Å²) in [7, 11) is -1.04. The number of nitrogens with two attached hydrogens (primary N) is 1. The summed E-state index contributed by atoms with van der Waals surface area (Å²) in [6.45, 7) is 0. The van der Waals surface area contributed by atoms with Crippen molar-refractivity contribution in [1.29, 1.82) is 0 Å². The molecule has 1 heterocycles. The Hall–Kier alpha value is -1.28. The fourth-order valence-electron chi connectivity index (χ4n) is 2.28. The largest absolute Gasteiger partial charge is 0.409 e. The molecule has 110 valence electrons. The first-order valence-electron chi connectivity index (χ1n) is 6.05. The van der Waals surface area contributed by atoms with E-state index < -0.39 is 9.84 Å². The molecule has 8 heteroatoms. The van der Waals surface area contributed by atoms with E-state index in [0.29, 0.717) is 16.5 Å². The van der Waals surface area contributed by atoms with Crippen molar-refractivity contribution in [2.75, 3.05) is 23.5 Å². The standard InChI is InChI=1S/C12H16BrN3O3S/c1-16(9-4-5-20(18,19)7-9)8-2-3-10(11(13)6-8)12(14)15-17/h2-3,6,9,17H,4-5,7H2,1H3,(H2,14,15). The molecule has 1 aliphatic heterocycles. The molecular formula is C12H16BrN3O3S. The normalized spacial score (nSPS) is 21.9. The molecule has 20 heavy (non-hydrogen) atoms. The van der Waals surface area contributed by atoms with Crippen molar-refractivity contribution in [2.24, 2.45) is 10.9 Å². The number of rotatable bonds is 3. The third-order valence-electron chi connectivity index (χ3n) is 3.50. The van der Waals surface area contributed by atoms with Crippen LogP contribution in [0, 0.1) is 0 Å². The zero-order valence-electron chi connectivity index (χ0n) is 11.0. The second-order valence-corrected chi connectivity index (χ2v) is 7.90. The first-order chi connectivity index (χ1) is 9.34. The minimum Gasteiger partial charge on any atom is -0.409 e. The first-order valence-corrected chi connectivity index (χ1v) is 8.66. The van der Waals surface area contributed by atoms with Crippen LogP contribution in [-0.2, 0) is 9.84 Å². The van der Waals surface area contributed by atoms with Gasteiger partial charge < -0.3 is 15.8 Å². The molecule has 1 aromatic rings. The van der Waals surface area contributed by atoms with Crippen LogP contribution in [0.15, 0.2) is 27.8 Å². The van der Waals surface area contributed by atoms with Crippen LogP contribution in [-0.4, -0.2) is 44.1 Å². The van der Waals surface area contributed by atoms with Gasteiger partial charge >= 0.3 is 0 Å². The van der Waals surface area contributed by atoms with Crippen molar-refractivity contribution in [1.82, 2.24) is 0 Å². The Kier molecular flexibility index (Phi) is 4.24. The maximum Gasteiger partial charge on any atom is 0.171 e. The summed E-state index contributed by atoms with van der Waals surface area (Å²) in [5, 5.41) is 11.6. The van der Waals surface area contributed by atoms with E-state index in [4.69, 9.17) is 10.9 Å². The van der Waals surface area contributed by atoms with Crippen molar-refractivity contribution < 1.29 is 13.6 Å². The van der Waals surface area contributed by atoms with E-state index in [1.165, 1.54) is 0 Å². The highest BCUT2D eigenvalue weighted by molar-refractivity contribution is 9.10. The Morgan fingerprint density at radius 1 is 1.55 bits per heavy atom. The first kappa shape index (κ1) is 15.1. The number of nitrogens with zero attached hydrogens (tertiary/aromatic N) is 2. The lowest BCUT2D eigenvalue weighted by Crippen LogP contribution is -2.32. The summed E-state index contributed by atoms with van der Waals surface area (Å²) in [5.41, 5.74) is 7.03. The molecule has 1 fully saturated rings. The Labute approximate surface area is 126 Å². The number of oxime groups is 1. The van der Waals surface area contributed by atoms with Crippen molar-refractivity contribution >= 4 is 37.3 Å². The van der Waals surface area contributed by atoms with E-state index in [1.807, 2.05) is 24.1 Å². The van der Waals surface area contributed by atoms with Crippen molar-refractivity contribution in [3.63, 3.8) is 0 Å². The van der Waals surface area contributed by atoms with Crippen LogP contribution in [0.1, 0.15) is 12.0 Å². The molecule has 1 saturated heterocycles. The van der Waals surface area contributed by atoms with Gasteiger partial charge in [0.1, 0.15) is 0 Å². The Morgan fingerprint density at radius 3 is 2.75 bits per heavy atom. The van der Waals surface area contributed by atoms with E-state index >= 15 is 0 Å². The van der Waals surface area contributed by atoms with Gasteiger partial charge in [0.2, 0.25) is 0 Å². The number of anilines is 1. The third kappa shape index (κ3) is 3.06. The number of benzene rings is 1. The summed E-state index contributed by atoms with van der Waals surface area (Å²) in [4.78, 5) is 1.95. The van der Waals surface area contributed by atoms with Gasteiger partial charge in [-0.2, -0.15) is 0 Å². The van der Waals surface area contributed by atoms with E-state index in [0.717, 1.165) is 5.69 Å². The number of hydrogen-bond acceptors (Lipinski definition) is 5. The maximum atomic E-state index is 11.5. The molecule has 1 aromatic carbocycles. The highest BCUT2D eigenvalue weighted by Gasteiger charge is 2.30. The zero-order chi connectivity index (χ0) is 14.9. The second kappa shape index (κ2) is 5.61. The molecule has 3 N–H and O–H groups in total. The number of amidine groups is 1. The zero-order valence-corrected chi connectivity index (χ0v) is 13.4. The maximum absolute atomic E-state index is 11.5. The van der Waals surface area contributed by atoms with E-state index in [-0.39, 0.29) is 23.4 Å². The minimum atomic E-state index is -2.91. The molecule has 0 saturated carbocycles. The topological polar surface area (TPSA) is 96.0 Å². The highest BCUT2D eigenvalue weighted by Crippen LogP contribution is 2.27. The smallest absolute Gasteiger partial charge is 0.171 e. The van der Waals surface area contributed by atoms with E-state index in [2.05, 4.69) is 21.1 Å². The van der Waals surface area contributed by atoms with Crippen LogP contribution < -0.4 is 10.6 Å². The number of sulfone groups is 1. The Morgan fingerprint density at radius 2 is 2.25 bits per heavy atom. The molecule has 1 atom stereocenters. The second-order valence-electron chi connectivity index (χ2n) is 4.82. The molecule has 1 unspecified atom stereocenters. The molecule has 0 aliphatic carbocycles. The van der Waals surface area contributed by atoms with Crippen LogP contribution >= 0.6 is 15.9 Å². The summed E-state index contributed by atoms with van der Waals surface area (Å²) >= 11 is 3.37. The van der Waals surface area contributed by atoms with Crippen LogP contribution in [0.25, 0.3) is 0 Å². The highest BCUT2D eigenvalue weighted by atomic mass is 79.9. The van der Waals surface area contributed by atoms with Gasteiger partial charge in [0.15, 0.2) is 15.7 Å². The minimum absolute atomic E-state index is 0.0124. The SMILES string of the molecule is CN(c1ccc(/C(N)=N/O)c(Br)c1)C1CCS(=O)(=O)C1. The van der Waals surface area contributed by atoms with Crippen molar-refractivity contribution in [3.05, 3.63) is 28.2 Å². The van der Waals surface area contributed by atoms with Crippen molar-refractivity contribution in [2.45, 2.75) is 12.5 Å². The van der Waals surface area contributed by atoms with Gasteiger partial charge in [-0.05, 0) is 40.5 Å². The van der Waals surface area contributed by atoms with Gasteiger partial charge in [0.25, 0.3) is 0 Å². The van der Waals surface area contributed by atoms with Gasteiger partial charge in [0.05, 0.1) is 11.5 Å². The lowest BCUT2D eigenvalue weighted by atomic mass is 10.1.